The van der Waals surface area contributed by atoms with E-state index in [1.807, 2.05) is 60.7 Å². The van der Waals surface area contributed by atoms with Gasteiger partial charge < -0.3 is 10.1 Å². The minimum atomic E-state index is -0.348. The van der Waals surface area contributed by atoms with Gasteiger partial charge in [0, 0.05) is 13.2 Å². The summed E-state index contributed by atoms with van der Waals surface area (Å²) in [6.45, 7) is 0.631. The number of hydrogen-bond donors (Lipinski definition) is 1. The van der Waals surface area contributed by atoms with E-state index in [4.69, 9.17) is 4.74 Å². The summed E-state index contributed by atoms with van der Waals surface area (Å²) in [5.74, 6) is -0.348. The van der Waals surface area contributed by atoms with Gasteiger partial charge in [-0.1, -0.05) is 60.7 Å². The van der Waals surface area contributed by atoms with Gasteiger partial charge in [-0.3, -0.25) is 9.59 Å². The van der Waals surface area contributed by atoms with Crippen LogP contribution >= 0.6 is 0 Å². The Bertz CT molecular complexity index is 900. The van der Waals surface area contributed by atoms with Gasteiger partial charge in [-0.15, -0.1) is 0 Å². The summed E-state index contributed by atoms with van der Waals surface area (Å²) in [5, 5.41) is 7.18. The SMILES string of the molecule is COCCn1nc(C(=O)NC(c2ccccc2)c2ccccc2)ccc1=O. The monoisotopic (exact) mass is 363 g/mol. The van der Waals surface area contributed by atoms with Crippen molar-refractivity contribution in [1.82, 2.24) is 15.1 Å². The van der Waals surface area contributed by atoms with Crippen LogP contribution in [-0.4, -0.2) is 29.4 Å². The number of carbonyl (C=O) groups is 1. The molecule has 1 aromatic heterocycles. The molecule has 3 aromatic rings. The third-order valence-electron chi connectivity index (χ3n) is 4.15. The minimum Gasteiger partial charge on any atom is -0.383 e. The van der Waals surface area contributed by atoms with E-state index in [1.165, 1.54) is 16.8 Å². The first-order valence-electron chi connectivity index (χ1n) is 8.67. The molecule has 0 radical (unpaired) electrons. The fraction of sp³-hybridized carbons (Fsp3) is 0.190. The lowest BCUT2D eigenvalue weighted by atomic mass is 9.98. The van der Waals surface area contributed by atoms with Crippen LogP contribution in [0.4, 0.5) is 0 Å². The number of benzene rings is 2. The molecule has 6 heteroatoms. The van der Waals surface area contributed by atoms with E-state index in [0.29, 0.717) is 6.61 Å². The van der Waals surface area contributed by atoms with Crippen LogP contribution in [0.2, 0.25) is 0 Å². The molecule has 6 nitrogen and oxygen atoms in total. The second-order valence-corrected chi connectivity index (χ2v) is 6.00. The maximum absolute atomic E-state index is 12.8. The quantitative estimate of drug-likeness (QED) is 0.700. The van der Waals surface area contributed by atoms with Gasteiger partial charge in [-0.05, 0) is 17.2 Å². The molecule has 0 unspecified atom stereocenters. The number of hydrogen-bond acceptors (Lipinski definition) is 4. The van der Waals surface area contributed by atoms with Crippen molar-refractivity contribution in [1.29, 1.82) is 0 Å². The third-order valence-corrected chi connectivity index (χ3v) is 4.15. The first kappa shape index (κ1) is 18.5. The molecular formula is C21H21N3O3. The van der Waals surface area contributed by atoms with Gasteiger partial charge in [-0.25, -0.2) is 4.68 Å². The van der Waals surface area contributed by atoms with Crippen LogP contribution in [0.5, 0.6) is 0 Å². The second kappa shape index (κ2) is 8.91. The number of ether oxygens (including phenoxy) is 1. The molecule has 1 N–H and O–H groups in total. The first-order chi connectivity index (χ1) is 13.2. The molecule has 1 heterocycles. The normalized spacial score (nSPS) is 10.7. The Morgan fingerprint density at radius 2 is 1.59 bits per heavy atom. The summed E-state index contributed by atoms with van der Waals surface area (Å²) >= 11 is 0. The lowest BCUT2D eigenvalue weighted by molar-refractivity contribution is 0.0934. The zero-order valence-corrected chi connectivity index (χ0v) is 15.0. The van der Waals surface area contributed by atoms with E-state index in [1.54, 1.807) is 7.11 Å². The standard InChI is InChI=1S/C21H21N3O3/c1-27-15-14-24-19(25)13-12-18(23-24)21(26)22-20(16-8-4-2-5-9-16)17-10-6-3-7-11-17/h2-13,20H,14-15H2,1H3,(H,22,26). The Hall–Kier alpha value is -3.25. The van der Waals surface area contributed by atoms with Crippen molar-refractivity contribution in [3.63, 3.8) is 0 Å². The smallest absolute Gasteiger partial charge is 0.272 e. The molecule has 27 heavy (non-hydrogen) atoms. The number of aromatic nitrogens is 2. The number of nitrogens with zero attached hydrogens (tertiary/aromatic N) is 2. The lowest BCUT2D eigenvalue weighted by Gasteiger charge is -2.20. The molecular weight excluding hydrogens is 342 g/mol. The van der Waals surface area contributed by atoms with Crippen LogP contribution in [0.15, 0.2) is 77.6 Å². The summed E-state index contributed by atoms with van der Waals surface area (Å²) in [4.78, 5) is 24.7. The molecule has 2 aromatic carbocycles. The predicted molar refractivity (Wildman–Crippen MR) is 103 cm³/mol. The molecule has 0 aliphatic rings. The van der Waals surface area contributed by atoms with Crippen molar-refractivity contribution in [3.05, 3.63) is 100.0 Å². The highest BCUT2D eigenvalue weighted by Crippen LogP contribution is 2.22. The van der Waals surface area contributed by atoms with Gasteiger partial charge in [0.1, 0.15) is 5.69 Å². The van der Waals surface area contributed by atoms with E-state index < -0.39 is 0 Å². The molecule has 0 saturated heterocycles. The first-order valence-corrected chi connectivity index (χ1v) is 8.67. The van der Waals surface area contributed by atoms with Crippen molar-refractivity contribution in [2.24, 2.45) is 0 Å². The van der Waals surface area contributed by atoms with Crippen molar-refractivity contribution in [3.8, 4) is 0 Å². The molecule has 0 fully saturated rings. The average Bonchev–Trinajstić information content (AvgIpc) is 2.72. The number of carbonyl (C=O) groups excluding carboxylic acids is 1. The Balaban J connectivity index is 1.88. The Morgan fingerprint density at radius 1 is 1.00 bits per heavy atom. The fourth-order valence-electron chi connectivity index (χ4n) is 2.76. The number of rotatable bonds is 7. The Morgan fingerprint density at radius 3 is 2.15 bits per heavy atom. The minimum absolute atomic E-state index is 0.183. The van der Waals surface area contributed by atoms with Crippen LogP contribution in [-0.2, 0) is 11.3 Å². The van der Waals surface area contributed by atoms with Crippen molar-refractivity contribution in [2.75, 3.05) is 13.7 Å². The van der Waals surface area contributed by atoms with Crippen LogP contribution in [0.1, 0.15) is 27.7 Å². The van der Waals surface area contributed by atoms with Crippen molar-refractivity contribution >= 4 is 5.91 Å². The highest BCUT2D eigenvalue weighted by atomic mass is 16.5. The highest BCUT2D eigenvalue weighted by Gasteiger charge is 2.19. The molecule has 0 bridgehead atoms. The molecule has 0 aliphatic carbocycles. The van der Waals surface area contributed by atoms with Crippen LogP contribution in [0, 0.1) is 0 Å². The van der Waals surface area contributed by atoms with Gasteiger partial charge in [0.05, 0.1) is 19.2 Å². The molecule has 0 saturated carbocycles. The summed E-state index contributed by atoms with van der Waals surface area (Å²) in [7, 11) is 1.55. The van der Waals surface area contributed by atoms with E-state index in [0.717, 1.165) is 11.1 Å². The molecule has 0 atom stereocenters. The summed E-state index contributed by atoms with van der Waals surface area (Å²) < 4.78 is 6.22. The van der Waals surface area contributed by atoms with Gasteiger partial charge in [0.15, 0.2) is 0 Å². The summed E-state index contributed by atoms with van der Waals surface area (Å²) in [6, 6.07) is 21.9. The van der Waals surface area contributed by atoms with Crippen LogP contribution in [0.3, 0.4) is 0 Å². The fourth-order valence-corrected chi connectivity index (χ4v) is 2.76. The predicted octanol–water partition coefficient (Wildman–Crippen LogP) is 2.41. The maximum atomic E-state index is 12.8. The lowest BCUT2D eigenvalue weighted by Crippen LogP contribution is -2.33. The number of methoxy groups -OCH3 is 1. The number of nitrogens with one attached hydrogen (secondary N) is 1. The Kier molecular flexibility index (Phi) is 6.12. The topological polar surface area (TPSA) is 73.2 Å². The van der Waals surface area contributed by atoms with Crippen LogP contribution in [0.25, 0.3) is 0 Å². The number of amides is 1. The zero-order valence-electron chi connectivity index (χ0n) is 15.0. The van der Waals surface area contributed by atoms with E-state index >= 15 is 0 Å². The third kappa shape index (κ3) is 4.68. The second-order valence-electron chi connectivity index (χ2n) is 6.00. The van der Waals surface area contributed by atoms with Gasteiger partial charge in [-0.2, -0.15) is 5.10 Å². The van der Waals surface area contributed by atoms with E-state index in [-0.39, 0.29) is 29.7 Å². The molecule has 1 amide bonds. The maximum Gasteiger partial charge on any atom is 0.272 e. The molecule has 3 rings (SSSR count). The van der Waals surface area contributed by atoms with Crippen LogP contribution < -0.4 is 10.9 Å². The Labute approximate surface area is 157 Å². The van der Waals surface area contributed by atoms with Gasteiger partial charge in [0.2, 0.25) is 0 Å². The van der Waals surface area contributed by atoms with Gasteiger partial charge in [0.25, 0.3) is 11.5 Å². The zero-order chi connectivity index (χ0) is 19.1. The molecule has 138 valence electrons. The average molecular weight is 363 g/mol. The molecule has 0 aliphatic heterocycles. The van der Waals surface area contributed by atoms with Crippen molar-refractivity contribution in [2.45, 2.75) is 12.6 Å². The largest absolute Gasteiger partial charge is 0.383 e. The summed E-state index contributed by atoms with van der Waals surface area (Å²) in [6.07, 6.45) is 0. The van der Waals surface area contributed by atoms with E-state index in [2.05, 4.69) is 10.4 Å². The summed E-state index contributed by atoms with van der Waals surface area (Å²) in [5.41, 5.74) is 1.84. The van der Waals surface area contributed by atoms with Crippen molar-refractivity contribution < 1.29 is 9.53 Å². The molecule has 0 spiro atoms. The van der Waals surface area contributed by atoms with E-state index in [9.17, 15) is 9.59 Å². The highest BCUT2D eigenvalue weighted by molar-refractivity contribution is 5.92. The van der Waals surface area contributed by atoms with Gasteiger partial charge >= 0.3 is 0 Å².